The first kappa shape index (κ1) is 15.1. The number of carbonyl (C=O) groups is 1. The summed E-state index contributed by atoms with van der Waals surface area (Å²) in [5, 5.41) is 3.66. The number of imidazole rings is 1. The smallest absolute Gasteiger partial charge is 0.230 e. The topological polar surface area (TPSA) is 46.9 Å². The number of amides is 1. The van der Waals surface area contributed by atoms with Crippen LogP contribution in [0.5, 0.6) is 0 Å². The van der Waals surface area contributed by atoms with Crippen molar-refractivity contribution in [1.82, 2.24) is 14.9 Å². The van der Waals surface area contributed by atoms with Crippen molar-refractivity contribution in [3.05, 3.63) is 42.5 Å². The lowest BCUT2D eigenvalue weighted by Gasteiger charge is -2.12. The van der Waals surface area contributed by atoms with Gasteiger partial charge in [-0.3, -0.25) is 9.36 Å². The molecule has 1 aliphatic carbocycles. The molecule has 0 radical (unpaired) electrons. The van der Waals surface area contributed by atoms with Gasteiger partial charge in [0.2, 0.25) is 5.91 Å². The van der Waals surface area contributed by atoms with E-state index in [9.17, 15) is 9.18 Å². The van der Waals surface area contributed by atoms with Crippen molar-refractivity contribution in [3.8, 4) is 5.69 Å². The van der Waals surface area contributed by atoms with E-state index in [1.807, 2.05) is 0 Å². The van der Waals surface area contributed by atoms with E-state index in [0.717, 1.165) is 12.8 Å². The number of nitrogens with zero attached hydrogens (tertiary/aromatic N) is 2. The SMILES string of the molecule is O=C(CSc1nccn1-c1ccccc1F)NC1CCCC1. The third-order valence-corrected chi connectivity index (χ3v) is 4.74. The molecule has 0 unspecified atom stereocenters. The molecule has 4 nitrogen and oxygen atoms in total. The van der Waals surface area contributed by atoms with E-state index in [1.54, 1.807) is 35.2 Å². The number of hydrogen-bond acceptors (Lipinski definition) is 3. The van der Waals surface area contributed by atoms with Crippen molar-refractivity contribution in [1.29, 1.82) is 0 Å². The van der Waals surface area contributed by atoms with Gasteiger partial charge in [0.25, 0.3) is 0 Å². The number of rotatable bonds is 5. The Balaban J connectivity index is 1.63. The maximum absolute atomic E-state index is 13.9. The van der Waals surface area contributed by atoms with Crippen LogP contribution in [0, 0.1) is 5.82 Å². The third-order valence-electron chi connectivity index (χ3n) is 3.77. The van der Waals surface area contributed by atoms with Crippen LogP contribution in [0.3, 0.4) is 0 Å². The number of benzene rings is 1. The molecule has 2 aromatic rings. The molecule has 1 saturated carbocycles. The van der Waals surface area contributed by atoms with Crippen molar-refractivity contribution in [2.45, 2.75) is 36.9 Å². The van der Waals surface area contributed by atoms with Crippen molar-refractivity contribution in [3.63, 3.8) is 0 Å². The zero-order chi connectivity index (χ0) is 15.4. The average molecular weight is 319 g/mol. The molecule has 1 aromatic heterocycles. The molecule has 116 valence electrons. The lowest BCUT2D eigenvalue weighted by atomic mass is 10.2. The Hall–Kier alpha value is -1.82. The van der Waals surface area contributed by atoms with Crippen LogP contribution in [0.25, 0.3) is 5.69 Å². The van der Waals surface area contributed by atoms with Crippen LogP contribution in [0.15, 0.2) is 41.8 Å². The molecule has 0 spiro atoms. The van der Waals surface area contributed by atoms with Crippen LogP contribution in [0.1, 0.15) is 25.7 Å². The molecule has 0 bridgehead atoms. The monoisotopic (exact) mass is 319 g/mol. The van der Waals surface area contributed by atoms with Gasteiger partial charge in [0, 0.05) is 18.4 Å². The quantitative estimate of drug-likeness (QED) is 0.861. The van der Waals surface area contributed by atoms with Crippen LogP contribution in [-0.2, 0) is 4.79 Å². The molecule has 1 amide bonds. The molecule has 1 aromatic carbocycles. The van der Waals surface area contributed by atoms with Crippen LogP contribution in [0.2, 0.25) is 0 Å². The molecule has 3 rings (SSSR count). The minimum absolute atomic E-state index is 0.0139. The Bertz CT molecular complexity index is 652. The van der Waals surface area contributed by atoms with Gasteiger partial charge in [-0.2, -0.15) is 0 Å². The minimum atomic E-state index is -0.308. The Morgan fingerprint density at radius 3 is 2.91 bits per heavy atom. The number of para-hydroxylation sites is 1. The van der Waals surface area contributed by atoms with E-state index >= 15 is 0 Å². The van der Waals surface area contributed by atoms with E-state index < -0.39 is 0 Å². The first-order chi connectivity index (χ1) is 10.7. The Labute approximate surface area is 133 Å². The van der Waals surface area contributed by atoms with Gasteiger partial charge in [0.15, 0.2) is 5.16 Å². The average Bonchev–Trinajstić information content (AvgIpc) is 3.17. The van der Waals surface area contributed by atoms with Crippen molar-refractivity contribution >= 4 is 17.7 Å². The van der Waals surface area contributed by atoms with E-state index in [4.69, 9.17) is 0 Å². The van der Waals surface area contributed by atoms with Gasteiger partial charge in [-0.05, 0) is 25.0 Å². The molecule has 1 N–H and O–H groups in total. The number of thioether (sulfide) groups is 1. The highest BCUT2D eigenvalue weighted by Gasteiger charge is 2.18. The molecule has 0 saturated heterocycles. The highest BCUT2D eigenvalue weighted by atomic mass is 32.2. The second-order valence-corrected chi connectivity index (χ2v) is 6.31. The molecule has 22 heavy (non-hydrogen) atoms. The zero-order valence-electron chi connectivity index (χ0n) is 12.2. The highest BCUT2D eigenvalue weighted by Crippen LogP contribution is 2.22. The summed E-state index contributed by atoms with van der Waals surface area (Å²) in [6, 6.07) is 6.85. The standard InChI is InChI=1S/C16H18FN3OS/c17-13-7-3-4-8-14(13)20-10-9-18-16(20)22-11-15(21)19-12-5-1-2-6-12/h3-4,7-10,12H,1-2,5-6,11H2,(H,19,21). The Kier molecular flexibility index (Phi) is 4.77. The summed E-state index contributed by atoms with van der Waals surface area (Å²) in [6.07, 6.45) is 7.84. The second-order valence-electron chi connectivity index (χ2n) is 5.37. The lowest BCUT2D eigenvalue weighted by molar-refractivity contribution is -0.119. The summed E-state index contributed by atoms with van der Waals surface area (Å²) in [5.41, 5.74) is 0.443. The predicted octanol–water partition coefficient (Wildman–Crippen LogP) is 3.16. The molecule has 0 aliphatic heterocycles. The first-order valence-electron chi connectivity index (χ1n) is 7.44. The summed E-state index contributed by atoms with van der Waals surface area (Å²) < 4.78 is 15.5. The fraction of sp³-hybridized carbons (Fsp3) is 0.375. The largest absolute Gasteiger partial charge is 0.353 e. The van der Waals surface area contributed by atoms with Crippen molar-refractivity contribution in [2.24, 2.45) is 0 Å². The molecular weight excluding hydrogens is 301 g/mol. The molecule has 6 heteroatoms. The number of nitrogens with one attached hydrogen (secondary N) is 1. The summed E-state index contributed by atoms with van der Waals surface area (Å²) in [6.45, 7) is 0. The number of carbonyl (C=O) groups excluding carboxylic acids is 1. The summed E-state index contributed by atoms with van der Waals surface area (Å²) in [4.78, 5) is 16.2. The van der Waals surface area contributed by atoms with E-state index in [2.05, 4.69) is 10.3 Å². The van der Waals surface area contributed by atoms with Gasteiger partial charge < -0.3 is 5.32 Å². The third kappa shape index (κ3) is 3.50. The highest BCUT2D eigenvalue weighted by molar-refractivity contribution is 7.99. The van der Waals surface area contributed by atoms with Gasteiger partial charge in [0.1, 0.15) is 5.82 Å². The van der Waals surface area contributed by atoms with Gasteiger partial charge in [-0.15, -0.1) is 0 Å². The lowest BCUT2D eigenvalue weighted by Crippen LogP contribution is -2.33. The van der Waals surface area contributed by atoms with Crippen LogP contribution < -0.4 is 5.32 Å². The maximum atomic E-state index is 13.9. The molecule has 1 heterocycles. The second kappa shape index (κ2) is 6.96. The van der Waals surface area contributed by atoms with Gasteiger partial charge in [0.05, 0.1) is 11.4 Å². The number of aromatic nitrogens is 2. The summed E-state index contributed by atoms with van der Waals surface area (Å²) >= 11 is 1.32. The van der Waals surface area contributed by atoms with Gasteiger partial charge >= 0.3 is 0 Å². The molecule has 1 fully saturated rings. The van der Waals surface area contributed by atoms with E-state index in [-0.39, 0.29) is 11.7 Å². The normalized spacial score (nSPS) is 15.1. The summed E-state index contributed by atoms with van der Waals surface area (Å²) in [7, 11) is 0. The van der Waals surface area contributed by atoms with Gasteiger partial charge in [-0.25, -0.2) is 9.37 Å². The number of hydrogen-bond donors (Lipinski definition) is 1. The molecule has 1 aliphatic rings. The fourth-order valence-corrected chi connectivity index (χ4v) is 3.47. The minimum Gasteiger partial charge on any atom is -0.353 e. The first-order valence-corrected chi connectivity index (χ1v) is 8.43. The maximum Gasteiger partial charge on any atom is 0.230 e. The number of halogens is 1. The zero-order valence-corrected chi connectivity index (χ0v) is 13.0. The van der Waals surface area contributed by atoms with Gasteiger partial charge in [-0.1, -0.05) is 36.7 Å². The fourth-order valence-electron chi connectivity index (χ4n) is 2.70. The van der Waals surface area contributed by atoms with Crippen LogP contribution >= 0.6 is 11.8 Å². The van der Waals surface area contributed by atoms with Crippen LogP contribution in [-0.4, -0.2) is 27.3 Å². The Morgan fingerprint density at radius 1 is 1.36 bits per heavy atom. The Morgan fingerprint density at radius 2 is 2.14 bits per heavy atom. The summed E-state index contributed by atoms with van der Waals surface area (Å²) in [5.74, 6) is -0.000142. The molecular formula is C16H18FN3OS. The molecule has 0 atom stereocenters. The van der Waals surface area contributed by atoms with E-state index in [0.29, 0.717) is 22.6 Å². The van der Waals surface area contributed by atoms with Crippen molar-refractivity contribution in [2.75, 3.05) is 5.75 Å². The van der Waals surface area contributed by atoms with E-state index in [1.165, 1.54) is 30.7 Å². The van der Waals surface area contributed by atoms with Crippen molar-refractivity contribution < 1.29 is 9.18 Å². The predicted molar refractivity (Wildman–Crippen MR) is 84.6 cm³/mol. The van der Waals surface area contributed by atoms with Crippen LogP contribution in [0.4, 0.5) is 4.39 Å².